The molecule has 1 aliphatic heterocycles. The molecule has 0 spiro atoms. The van der Waals surface area contributed by atoms with Gasteiger partial charge in [-0.15, -0.1) is 12.4 Å². The Morgan fingerprint density at radius 2 is 2.32 bits per heavy atom. The van der Waals surface area contributed by atoms with Crippen LogP contribution in [-0.2, 0) is 14.3 Å². The predicted molar refractivity (Wildman–Crippen MR) is 86.9 cm³/mol. The lowest BCUT2D eigenvalue weighted by atomic mass is 10.2. The molecule has 1 aromatic carbocycles. The molecule has 1 aliphatic rings. The van der Waals surface area contributed by atoms with Crippen molar-refractivity contribution in [3.8, 4) is 5.75 Å². The standard InChI is InChI=1S/C15H22N2O4.ClH/c1-19-7-3-8-20-13-5-2-4-12(10-13)17-15(18)14-11-16-6-9-21-14;/h2,4-5,10,14,16H,3,6-9,11H2,1H3,(H,17,18);1H. The van der Waals surface area contributed by atoms with E-state index in [0.29, 0.717) is 32.1 Å². The lowest BCUT2D eigenvalue weighted by molar-refractivity contribution is -0.128. The zero-order valence-electron chi connectivity index (χ0n) is 12.7. The van der Waals surface area contributed by atoms with E-state index in [-0.39, 0.29) is 18.3 Å². The zero-order valence-corrected chi connectivity index (χ0v) is 13.5. The quantitative estimate of drug-likeness (QED) is 0.741. The van der Waals surface area contributed by atoms with E-state index >= 15 is 0 Å². The smallest absolute Gasteiger partial charge is 0.254 e. The summed E-state index contributed by atoms with van der Waals surface area (Å²) >= 11 is 0. The molecule has 7 heteroatoms. The van der Waals surface area contributed by atoms with Crippen molar-refractivity contribution in [1.29, 1.82) is 0 Å². The molecule has 1 fully saturated rings. The fourth-order valence-corrected chi connectivity index (χ4v) is 2.01. The van der Waals surface area contributed by atoms with Crippen molar-refractivity contribution in [2.24, 2.45) is 0 Å². The first-order valence-corrected chi connectivity index (χ1v) is 7.14. The first-order valence-electron chi connectivity index (χ1n) is 7.14. The first-order chi connectivity index (χ1) is 10.3. The number of rotatable bonds is 7. The molecule has 0 aromatic heterocycles. The number of halogens is 1. The van der Waals surface area contributed by atoms with Crippen molar-refractivity contribution in [2.75, 3.05) is 45.3 Å². The Bertz CT molecular complexity index is 453. The van der Waals surface area contributed by atoms with Crippen LogP contribution in [0.15, 0.2) is 24.3 Å². The number of carbonyl (C=O) groups is 1. The molecule has 1 amide bonds. The fraction of sp³-hybridized carbons (Fsp3) is 0.533. The maximum atomic E-state index is 12.0. The van der Waals surface area contributed by atoms with Gasteiger partial charge in [0.25, 0.3) is 5.91 Å². The predicted octanol–water partition coefficient (Wildman–Crippen LogP) is 1.45. The van der Waals surface area contributed by atoms with Gasteiger partial charge in [0.2, 0.25) is 0 Å². The van der Waals surface area contributed by atoms with E-state index in [1.54, 1.807) is 13.2 Å². The van der Waals surface area contributed by atoms with Gasteiger partial charge in [-0.25, -0.2) is 0 Å². The van der Waals surface area contributed by atoms with Crippen LogP contribution in [0.4, 0.5) is 5.69 Å². The van der Waals surface area contributed by atoms with Gasteiger partial charge < -0.3 is 24.8 Å². The van der Waals surface area contributed by atoms with Crippen molar-refractivity contribution in [3.63, 3.8) is 0 Å². The molecule has 1 atom stereocenters. The van der Waals surface area contributed by atoms with Crippen LogP contribution in [0, 0.1) is 0 Å². The third-order valence-electron chi connectivity index (χ3n) is 3.08. The molecular weight excluding hydrogens is 308 g/mol. The summed E-state index contributed by atoms with van der Waals surface area (Å²) in [6, 6.07) is 7.35. The topological polar surface area (TPSA) is 68.8 Å². The summed E-state index contributed by atoms with van der Waals surface area (Å²) in [5.41, 5.74) is 0.707. The molecule has 0 radical (unpaired) electrons. The molecule has 0 bridgehead atoms. The first kappa shape index (κ1) is 18.7. The van der Waals surface area contributed by atoms with E-state index in [9.17, 15) is 4.79 Å². The van der Waals surface area contributed by atoms with E-state index in [4.69, 9.17) is 14.2 Å². The molecule has 1 saturated heterocycles. The van der Waals surface area contributed by atoms with E-state index in [1.165, 1.54) is 0 Å². The molecule has 0 saturated carbocycles. The minimum Gasteiger partial charge on any atom is -0.493 e. The third-order valence-corrected chi connectivity index (χ3v) is 3.08. The minimum atomic E-state index is -0.440. The van der Waals surface area contributed by atoms with Crippen LogP contribution in [-0.4, -0.2) is 52.0 Å². The van der Waals surface area contributed by atoms with E-state index < -0.39 is 6.10 Å². The number of morpholine rings is 1. The largest absolute Gasteiger partial charge is 0.493 e. The minimum absolute atomic E-state index is 0. The van der Waals surface area contributed by atoms with Gasteiger partial charge in [0, 0.05) is 45.0 Å². The molecule has 2 rings (SSSR count). The maximum absolute atomic E-state index is 12.0. The van der Waals surface area contributed by atoms with Crippen LogP contribution in [0.2, 0.25) is 0 Å². The van der Waals surface area contributed by atoms with Crippen molar-refractivity contribution in [3.05, 3.63) is 24.3 Å². The summed E-state index contributed by atoms with van der Waals surface area (Å²) in [5.74, 6) is 0.588. The number of nitrogens with one attached hydrogen (secondary N) is 2. The van der Waals surface area contributed by atoms with Gasteiger partial charge >= 0.3 is 0 Å². The van der Waals surface area contributed by atoms with Gasteiger partial charge in [-0.1, -0.05) is 6.07 Å². The van der Waals surface area contributed by atoms with Crippen LogP contribution >= 0.6 is 12.4 Å². The van der Waals surface area contributed by atoms with E-state index in [2.05, 4.69) is 10.6 Å². The van der Waals surface area contributed by atoms with E-state index in [0.717, 1.165) is 18.7 Å². The van der Waals surface area contributed by atoms with Crippen molar-refractivity contribution in [1.82, 2.24) is 5.32 Å². The second kappa shape index (κ2) is 10.4. The number of ether oxygens (including phenoxy) is 3. The van der Waals surface area contributed by atoms with Gasteiger partial charge in [0.15, 0.2) is 0 Å². The van der Waals surface area contributed by atoms with Gasteiger partial charge in [0.1, 0.15) is 11.9 Å². The van der Waals surface area contributed by atoms with Gasteiger partial charge in [0.05, 0.1) is 13.2 Å². The molecule has 6 nitrogen and oxygen atoms in total. The summed E-state index contributed by atoms with van der Waals surface area (Å²) in [7, 11) is 1.67. The Morgan fingerprint density at radius 1 is 1.45 bits per heavy atom. The molecular formula is C15H23ClN2O4. The lowest BCUT2D eigenvalue weighted by Gasteiger charge is -2.22. The number of carbonyl (C=O) groups excluding carboxylic acids is 1. The Hall–Kier alpha value is -1.34. The number of hydrogen-bond donors (Lipinski definition) is 2. The van der Waals surface area contributed by atoms with Crippen LogP contribution in [0.3, 0.4) is 0 Å². The highest BCUT2D eigenvalue weighted by atomic mass is 35.5. The van der Waals surface area contributed by atoms with Crippen LogP contribution in [0.5, 0.6) is 5.75 Å². The highest BCUT2D eigenvalue weighted by molar-refractivity contribution is 5.94. The van der Waals surface area contributed by atoms with E-state index in [1.807, 2.05) is 18.2 Å². The van der Waals surface area contributed by atoms with Crippen LogP contribution < -0.4 is 15.4 Å². The second-order valence-electron chi connectivity index (χ2n) is 4.78. The van der Waals surface area contributed by atoms with Gasteiger partial charge in [-0.3, -0.25) is 4.79 Å². The lowest BCUT2D eigenvalue weighted by Crippen LogP contribution is -2.45. The Morgan fingerprint density at radius 3 is 3.05 bits per heavy atom. The van der Waals surface area contributed by atoms with Crippen molar-refractivity contribution >= 4 is 24.0 Å². The molecule has 1 heterocycles. The summed E-state index contributed by atoms with van der Waals surface area (Å²) in [5, 5.41) is 5.98. The molecule has 0 aliphatic carbocycles. The SMILES string of the molecule is COCCCOc1cccc(NC(=O)C2CNCCO2)c1.Cl. The van der Waals surface area contributed by atoms with Crippen molar-refractivity contribution in [2.45, 2.75) is 12.5 Å². The van der Waals surface area contributed by atoms with Gasteiger partial charge in [-0.05, 0) is 12.1 Å². The van der Waals surface area contributed by atoms with Gasteiger partial charge in [-0.2, -0.15) is 0 Å². The van der Waals surface area contributed by atoms with Crippen molar-refractivity contribution < 1.29 is 19.0 Å². The number of methoxy groups -OCH3 is 1. The van der Waals surface area contributed by atoms with Crippen LogP contribution in [0.25, 0.3) is 0 Å². The average molecular weight is 331 g/mol. The number of amides is 1. The highest BCUT2D eigenvalue weighted by Gasteiger charge is 2.21. The summed E-state index contributed by atoms with van der Waals surface area (Å²) in [6.45, 7) is 3.14. The Labute approximate surface area is 136 Å². The summed E-state index contributed by atoms with van der Waals surface area (Å²) < 4.78 is 16.0. The maximum Gasteiger partial charge on any atom is 0.254 e. The average Bonchev–Trinajstić information content (AvgIpc) is 2.53. The normalized spacial score (nSPS) is 17.4. The second-order valence-corrected chi connectivity index (χ2v) is 4.78. The fourth-order valence-electron chi connectivity index (χ4n) is 2.01. The molecule has 124 valence electrons. The summed E-state index contributed by atoms with van der Waals surface area (Å²) in [4.78, 5) is 12.0. The molecule has 22 heavy (non-hydrogen) atoms. The molecule has 1 aromatic rings. The Balaban J connectivity index is 0.00000242. The number of benzene rings is 1. The van der Waals surface area contributed by atoms with Crippen LogP contribution in [0.1, 0.15) is 6.42 Å². The molecule has 2 N–H and O–H groups in total. The highest BCUT2D eigenvalue weighted by Crippen LogP contribution is 2.18. The molecule has 1 unspecified atom stereocenters. The Kier molecular flexibility index (Phi) is 8.84. The number of anilines is 1. The monoisotopic (exact) mass is 330 g/mol. The number of hydrogen-bond acceptors (Lipinski definition) is 5. The zero-order chi connectivity index (χ0) is 14.9. The third kappa shape index (κ3) is 6.19. The summed E-state index contributed by atoms with van der Waals surface area (Å²) in [6.07, 6.45) is 0.388.